The molecule has 2 aromatic carbocycles. The van der Waals surface area contributed by atoms with Crippen LogP contribution >= 0.6 is 0 Å². The van der Waals surface area contributed by atoms with E-state index in [0.717, 1.165) is 24.9 Å². The van der Waals surface area contributed by atoms with Crippen molar-refractivity contribution in [1.29, 1.82) is 0 Å². The van der Waals surface area contributed by atoms with Crippen molar-refractivity contribution in [3.63, 3.8) is 0 Å². The van der Waals surface area contributed by atoms with Crippen LogP contribution < -0.4 is 4.74 Å². The number of piperidine rings is 1. The van der Waals surface area contributed by atoms with Gasteiger partial charge in [0.15, 0.2) is 5.82 Å². The Morgan fingerprint density at radius 3 is 2.90 bits per heavy atom. The van der Waals surface area contributed by atoms with E-state index in [2.05, 4.69) is 10.1 Å². The molecule has 30 heavy (non-hydrogen) atoms. The predicted octanol–water partition coefficient (Wildman–Crippen LogP) is 4.16. The van der Waals surface area contributed by atoms with Crippen molar-refractivity contribution in [3.8, 4) is 5.75 Å². The highest BCUT2D eigenvalue weighted by Gasteiger charge is 2.29. The number of aromatic nitrogens is 2. The molecule has 0 radical (unpaired) electrons. The van der Waals surface area contributed by atoms with Gasteiger partial charge < -0.3 is 14.2 Å². The molecule has 0 spiro atoms. The molecule has 1 aliphatic heterocycles. The molecular formula is C23H24FN3O3. The summed E-state index contributed by atoms with van der Waals surface area (Å²) in [6, 6.07) is 13.5. The van der Waals surface area contributed by atoms with Gasteiger partial charge in [-0.05, 0) is 56.2 Å². The van der Waals surface area contributed by atoms with Crippen molar-refractivity contribution < 1.29 is 18.4 Å². The van der Waals surface area contributed by atoms with Crippen LogP contribution in [0, 0.1) is 12.7 Å². The van der Waals surface area contributed by atoms with Crippen LogP contribution in [0.2, 0.25) is 0 Å². The Morgan fingerprint density at radius 2 is 2.10 bits per heavy atom. The van der Waals surface area contributed by atoms with Crippen LogP contribution in [0.25, 0.3) is 0 Å². The number of halogens is 1. The second-order valence-electron chi connectivity index (χ2n) is 7.56. The first-order chi connectivity index (χ1) is 14.6. The zero-order valence-corrected chi connectivity index (χ0v) is 16.9. The van der Waals surface area contributed by atoms with Crippen LogP contribution in [0.4, 0.5) is 4.39 Å². The molecular weight excluding hydrogens is 385 g/mol. The SMILES string of the molecule is Cc1cccc(C(=O)N2CCCC(c3nc(CCOc4ccc(F)cc4)no3)C2)c1. The average Bonchev–Trinajstić information content (AvgIpc) is 3.24. The minimum atomic E-state index is -0.299. The number of hydrogen-bond donors (Lipinski definition) is 0. The number of nitrogens with zero attached hydrogens (tertiary/aromatic N) is 3. The monoisotopic (exact) mass is 409 g/mol. The molecule has 1 amide bonds. The normalized spacial score (nSPS) is 16.5. The molecule has 0 aliphatic carbocycles. The number of likely N-dealkylation sites (tertiary alicyclic amines) is 1. The first-order valence-corrected chi connectivity index (χ1v) is 10.2. The molecule has 0 N–H and O–H groups in total. The summed E-state index contributed by atoms with van der Waals surface area (Å²) in [5.74, 6) is 1.50. The third-order valence-electron chi connectivity index (χ3n) is 5.21. The largest absolute Gasteiger partial charge is 0.493 e. The Morgan fingerprint density at radius 1 is 1.27 bits per heavy atom. The lowest BCUT2D eigenvalue weighted by molar-refractivity contribution is 0.0695. The maximum absolute atomic E-state index is 12.9. The molecule has 1 unspecified atom stereocenters. The van der Waals surface area contributed by atoms with E-state index < -0.39 is 0 Å². The van der Waals surface area contributed by atoms with E-state index in [1.54, 1.807) is 12.1 Å². The van der Waals surface area contributed by atoms with Crippen molar-refractivity contribution in [2.24, 2.45) is 0 Å². The quantitative estimate of drug-likeness (QED) is 0.612. The Kier molecular flexibility index (Phi) is 6.07. The van der Waals surface area contributed by atoms with Gasteiger partial charge in [-0.2, -0.15) is 4.98 Å². The Balaban J connectivity index is 1.33. The van der Waals surface area contributed by atoms with Gasteiger partial charge in [0.25, 0.3) is 5.91 Å². The second kappa shape index (κ2) is 9.07. The molecule has 1 atom stereocenters. The topological polar surface area (TPSA) is 68.5 Å². The summed E-state index contributed by atoms with van der Waals surface area (Å²) in [7, 11) is 0. The highest BCUT2D eigenvalue weighted by Crippen LogP contribution is 2.27. The highest BCUT2D eigenvalue weighted by atomic mass is 19.1. The summed E-state index contributed by atoms with van der Waals surface area (Å²) < 4.78 is 24.0. The van der Waals surface area contributed by atoms with E-state index in [1.807, 2.05) is 36.1 Å². The van der Waals surface area contributed by atoms with Crippen molar-refractivity contribution in [2.75, 3.05) is 19.7 Å². The third-order valence-corrected chi connectivity index (χ3v) is 5.21. The van der Waals surface area contributed by atoms with Crippen molar-refractivity contribution in [3.05, 3.63) is 77.2 Å². The van der Waals surface area contributed by atoms with Gasteiger partial charge in [-0.25, -0.2) is 4.39 Å². The minimum absolute atomic E-state index is 0.0341. The van der Waals surface area contributed by atoms with Crippen LogP contribution in [0.15, 0.2) is 53.1 Å². The molecule has 0 bridgehead atoms. The number of ether oxygens (including phenoxy) is 1. The molecule has 1 saturated heterocycles. The van der Waals surface area contributed by atoms with Crippen LogP contribution in [-0.2, 0) is 6.42 Å². The van der Waals surface area contributed by atoms with Gasteiger partial charge in [-0.15, -0.1) is 0 Å². The number of carbonyl (C=O) groups is 1. The van der Waals surface area contributed by atoms with E-state index in [1.165, 1.54) is 12.1 Å². The Bertz CT molecular complexity index is 1000. The maximum Gasteiger partial charge on any atom is 0.253 e. The molecule has 3 aromatic rings. The molecule has 4 rings (SSSR count). The summed E-state index contributed by atoms with van der Waals surface area (Å²) in [5, 5.41) is 4.05. The fourth-order valence-electron chi connectivity index (χ4n) is 3.65. The zero-order chi connectivity index (χ0) is 20.9. The first kappa shape index (κ1) is 20.1. The lowest BCUT2D eigenvalue weighted by atomic mass is 9.97. The Hall–Kier alpha value is -3.22. The zero-order valence-electron chi connectivity index (χ0n) is 16.9. The van der Waals surface area contributed by atoms with Gasteiger partial charge in [0.2, 0.25) is 5.89 Å². The lowest BCUT2D eigenvalue weighted by Crippen LogP contribution is -2.39. The summed E-state index contributed by atoms with van der Waals surface area (Å²) in [4.78, 5) is 19.2. The lowest BCUT2D eigenvalue weighted by Gasteiger charge is -2.31. The van der Waals surface area contributed by atoms with E-state index in [4.69, 9.17) is 9.26 Å². The third kappa shape index (κ3) is 4.84. The van der Waals surface area contributed by atoms with Gasteiger partial charge >= 0.3 is 0 Å². The van der Waals surface area contributed by atoms with Crippen molar-refractivity contribution in [1.82, 2.24) is 15.0 Å². The highest BCUT2D eigenvalue weighted by molar-refractivity contribution is 5.94. The smallest absolute Gasteiger partial charge is 0.253 e. The maximum atomic E-state index is 12.9. The first-order valence-electron chi connectivity index (χ1n) is 10.2. The molecule has 0 saturated carbocycles. The molecule has 2 heterocycles. The van der Waals surface area contributed by atoms with E-state index >= 15 is 0 Å². The van der Waals surface area contributed by atoms with Crippen molar-refractivity contribution in [2.45, 2.75) is 32.1 Å². The second-order valence-corrected chi connectivity index (χ2v) is 7.56. The molecule has 6 nitrogen and oxygen atoms in total. The average molecular weight is 409 g/mol. The van der Waals surface area contributed by atoms with Crippen molar-refractivity contribution >= 4 is 5.91 Å². The van der Waals surface area contributed by atoms with Crippen LogP contribution in [0.1, 0.15) is 46.4 Å². The number of hydrogen-bond acceptors (Lipinski definition) is 5. The standard InChI is InChI=1S/C23H24FN3O3/c1-16-4-2-5-17(14-16)23(28)27-12-3-6-18(15-27)22-25-21(26-30-22)11-13-29-20-9-7-19(24)8-10-20/h2,4-5,7-10,14,18H,3,6,11-13,15H2,1H3. The summed E-state index contributed by atoms with van der Waals surface area (Å²) in [6.45, 7) is 3.65. The molecule has 7 heteroatoms. The molecule has 1 fully saturated rings. The Labute approximate surface area is 174 Å². The minimum Gasteiger partial charge on any atom is -0.493 e. The predicted molar refractivity (Wildman–Crippen MR) is 109 cm³/mol. The number of rotatable bonds is 6. The fraction of sp³-hybridized carbons (Fsp3) is 0.348. The van der Waals surface area contributed by atoms with Gasteiger partial charge in [0, 0.05) is 25.1 Å². The van der Waals surface area contributed by atoms with E-state index in [-0.39, 0.29) is 17.6 Å². The van der Waals surface area contributed by atoms with E-state index in [9.17, 15) is 9.18 Å². The summed E-state index contributed by atoms with van der Waals surface area (Å²) in [5.41, 5.74) is 1.78. The molecule has 1 aliphatic rings. The number of carbonyl (C=O) groups excluding carboxylic acids is 1. The molecule has 156 valence electrons. The summed E-state index contributed by atoms with van der Waals surface area (Å²) >= 11 is 0. The van der Waals surface area contributed by atoms with Gasteiger partial charge in [-0.3, -0.25) is 4.79 Å². The molecule has 1 aromatic heterocycles. The fourth-order valence-corrected chi connectivity index (χ4v) is 3.65. The van der Waals surface area contributed by atoms with Gasteiger partial charge in [-0.1, -0.05) is 22.9 Å². The summed E-state index contributed by atoms with van der Waals surface area (Å²) in [6.07, 6.45) is 2.29. The van der Waals surface area contributed by atoms with Gasteiger partial charge in [0.05, 0.1) is 12.5 Å². The van der Waals surface area contributed by atoms with Crippen LogP contribution in [0.3, 0.4) is 0 Å². The number of amides is 1. The van der Waals surface area contributed by atoms with Crippen LogP contribution in [-0.4, -0.2) is 40.6 Å². The van der Waals surface area contributed by atoms with Gasteiger partial charge in [0.1, 0.15) is 11.6 Å². The number of benzene rings is 2. The number of aryl methyl sites for hydroxylation is 1. The van der Waals surface area contributed by atoms with E-state index in [0.29, 0.717) is 42.6 Å². The van der Waals surface area contributed by atoms with Crippen LogP contribution in [0.5, 0.6) is 5.75 Å².